The Morgan fingerprint density at radius 1 is 1.15 bits per heavy atom. The van der Waals surface area contributed by atoms with Crippen LogP contribution in [0.1, 0.15) is 37.3 Å². The maximum absolute atomic E-state index is 12.5. The maximum atomic E-state index is 12.5. The summed E-state index contributed by atoms with van der Waals surface area (Å²) < 4.78 is 7.47. The second-order valence-electron chi connectivity index (χ2n) is 8.50. The van der Waals surface area contributed by atoms with E-state index in [0.29, 0.717) is 34.3 Å². The molecule has 0 saturated carbocycles. The SMILES string of the molecule is CCc1cc(Cl)c(C)cc1OCC(=O)N=Nc1c(O)n(CN2CCCCC2)c2cccc(Cl)c12. The smallest absolute Gasteiger partial charge is 0.302 e. The van der Waals surface area contributed by atoms with Crippen molar-refractivity contribution in [3.8, 4) is 11.6 Å². The van der Waals surface area contributed by atoms with Gasteiger partial charge in [-0.05, 0) is 74.7 Å². The average Bonchev–Trinajstić information content (AvgIpc) is 3.10. The number of likely N-dealkylation sites (tertiary alicyclic amines) is 1. The lowest BCUT2D eigenvalue weighted by atomic mass is 10.1. The summed E-state index contributed by atoms with van der Waals surface area (Å²) >= 11 is 12.6. The first kappa shape index (κ1) is 24.5. The summed E-state index contributed by atoms with van der Waals surface area (Å²) in [5.41, 5.74) is 2.70. The van der Waals surface area contributed by atoms with E-state index in [4.69, 9.17) is 27.9 Å². The van der Waals surface area contributed by atoms with E-state index in [2.05, 4.69) is 15.1 Å². The van der Waals surface area contributed by atoms with Crippen molar-refractivity contribution in [2.45, 2.75) is 46.2 Å². The Labute approximate surface area is 208 Å². The van der Waals surface area contributed by atoms with Crippen molar-refractivity contribution < 1.29 is 14.6 Å². The Morgan fingerprint density at radius 2 is 1.91 bits per heavy atom. The third kappa shape index (κ3) is 5.22. The van der Waals surface area contributed by atoms with Crippen molar-refractivity contribution >= 4 is 45.7 Å². The number of carbonyl (C=O) groups is 1. The fourth-order valence-corrected chi connectivity index (χ4v) is 4.69. The van der Waals surface area contributed by atoms with Gasteiger partial charge in [0.1, 0.15) is 5.75 Å². The molecule has 0 radical (unpaired) electrons. The predicted molar refractivity (Wildman–Crippen MR) is 135 cm³/mol. The zero-order chi connectivity index (χ0) is 24.2. The molecule has 7 nitrogen and oxygen atoms in total. The standard InChI is InChI=1S/C25H28Cl2N4O3/c1-3-17-13-19(27)16(2)12-21(17)34-14-22(32)28-29-24-23-18(26)8-7-9-20(23)31(25(24)33)15-30-10-5-4-6-11-30/h7-9,12-13,33H,3-6,10-11,14-15H2,1-2H3. The minimum absolute atomic E-state index is 0.0623. The Balaban J connectivity index is 1.55. The topological polar surface area (TPSA) is 79.4 Å². The molecule has 1 saturated heterocycles. The largest absolute Gasteiger partial charge is 0.493 e. The minimum atomic E-state index is -0.571. The molecule has 1 aromatic heterocycles. The van der Waals surface area contributed by atoms with E-state index < -0.39 is 5.91 Å². The summed E-state index contributed by atoms with van der Waals surface area (Å²) in [6.45, 7) is 6.04. The molecule has 1 N–H and O–H groups in total. The van der Waals surface area contributed by atoms with Crippen LogP contribution >= 0.6 is 23.2 Å². The van der Waals surface area contributed by atoms with Crippen LogP contribution in [0.2, 0.25) is 10.0 Å². The summed E-state index contributed by atoms with van der Waals surface area (Å²) in [4.78, 5) is 14.7. The van der Waals surface area contributed by atoms with Gasteiger partial charge in [0.05, 0.1) is 22.6 Å². The van der Waals surface area contributed by atoms with Crippen LogP contribution in [0.15, 0.2) is 40.6 Å². The molecule has 0 atom stereocenters. The predicted octanol–water partition coefficient (Wildman–Crippen LogP) is 6.66. The number of benzene rings is 2. The normalized spacial score (nSPS) is 14.8. The van der Waals surface area contributed by atoms with Crippen LogP contribution in [0.25, 0.3) is 10.9 Å². The van der Waals surface area contributed by atoms with Gasteiger partial charge in [-0.2, -0.15) is 0 Å². The quantitative estimate of drug-likeness (QED) is 0.366. The van der Waals surface area contributed by atoms with Crippen LogP contribution in [-0.4, -0.2) is 40.2 Å². The second kappa shape index (κ2) is 10.8. The van der Waals surface area contributed by atoms with E-state index in [0.717, 1.165) is 42.6 Å². The van der Waals surface area contributed by atoms with Crippen molar-refractivity contribution in [3.63, 3.8) is 0 Å². The van der Waals surface area contributed by atoms with Crippen LogP contribution in [0.5, 0.6) is 11.6 Å². The van der Waals surface area contributed by atoms with Crippen LogP contribution in [0.4, 0.5) is 5.69 Å². The molecule has 0 aliphatic carbocycles. The number of fused-ring (bicyclic) bond motifs is 1. The number of azo groups is 1. The van der Waals surface area contributed by atoms with Gasteiger partial charge in [-0.1, -0.05) is 42.6 Å². The molecule has 180 valence electrons. The average molecular weight is 503 g/mol. The third-order valence-electron chi connectivity index (χ3n) is 6.11. The van der Waals surface area contributed by atoms with E-state index in [1.54, 1.807) is 10.6 Å². The van der Waals surface area contributed by atoms with Crippen LogP contribution in [0, 0.1) is 6.92 Å². The third-order valence-corrected chi connectivity index (χ3v) is 6.83. The van der Waals surface area contributed by atoms with Crippen LogP contribution in [0.3, 0.4) is 0 Å². The Hall–Kier alpha value is -2.61. The molecule has 3 aromatic rings. The van der Waals surface area contributed by atoms with Crippen molar-refractivity contribution in [3.05, 3.63) is 51.5 Å². The van der Waals surface area contributed by atoms with Gasteiger partial charge in [0.25, 0.3) is 0 Å². The molecule has 4 rings (SSSR count). The highest BCUT2D eigenvalue weighted by Crippen LogP contribution is 2.42. The lowest BCUT2D eigenvalue weighted by Crippen LogP contribution is -2.31. The summed E-state index contributed by atoms with van der Waals surface area (Å²) in [6.07, 6.45) is 4.21. The highest BCUT2D eigenvalue weighted by atomic mass is 35.5. The lowest BCUT2D eigenvalue weighted by molar-refractivity contribution is -0.120. The van der Waals surface area contributed by atoms with Crippen molar-refractivity contribution in [2.75, 3.05) is 19.7 Å². The maximum Gasteiger partial charge on any atom is 0.302 e. The van der Waals surface area contributed by atoms with E-state index >= 15 is 0 Å². The van der Waals surface area contributed by atoms with Crippen LogP contribution in [-0.2, 0) is 17.9 Å². The fourth-order valence-electron chi connectivity index (χ4n) is 4.25. The first-order chi connectivity index (χ1) is 16.4. The zero-order valence-electron chi connectivity index (χ0n) is 19.4. The number of aryl methyl sites for hydroxylation is 2. The van der Waals surface area contributed by atoms with Gasteiger partial charge in [-0.25, -0.2) is 0 Å². The fraction of sp³-hybridized carbons (Fsp3) is 0.400. The highest BCUT2D eigenvalue weighted by molar-refractivity contribution is 6.36. The summed E-state index contributed by atoms with van der Waals surface area (Å²) in [7, 11) is 0. The molecule has 0 spiro atoms. The summed E-state index contributed by atoms with van der Waals surface area (Å²) in [5, 5.41) is 20.5. The molecule has 0 bridgehead atoms. The van der Waals surface area contributed by atoms with Gasteiger partial charge in [0.2, 0.25) is 5.88 Å². The number of halogens is 2. The minimum Gasteiger partial charge on any atom is -0.493 e. The zero-order valence-corrected chi connectivity index (χ0v) is 20.9. The van der Waals surface area contributed by atoms with Gasteiger partial charge in [0.15, 0.2) is 12.3 Å². The van der Waals surface area contributed by atoms with E-state index in [9.17, 15) is 9.90 Å². The highest BCUT2D eigenvalue weighted by Gasteiger charge is 2.22. The number of aromatic hydroxyl groups is 1. The molecule has 1 fully saturated rings. The Bertz CT molecular complexity index is 1230. The van der Waals surface area contributed by atoms with Gasteiger partial charge >= 0.3 is 5.91 Å². The molecule has 34 heavy (non-hydrogen) atoms. The lowest BCUT2D eigenvalue weighted by Gasteiger charge is -2.27. The van der Waals surface area contributed by atoms with Gasteiger partial charge < -0.3 is 9.84 Å². The number of ether oxygens (including phenoxy) is 1. The van der Waals surface area contributed by atoms with Crippen molar-refractivity contribution in [1.29, 1.82) is 0 Å². The number of aromatic nitrogens is 1. The Kier molecular flexibility index (Phi) is 7.76. The Morgan fingerprint density at radius 3 is 2.65 bits per heavy atom. The van der Waals surface area contributed by atoms with E-state index in [1.165, 1.54) is 6.42 Å². The molecule has 1 amide bonds. The van der Waals surface area contributed by atoms with E-state index in [1.807, 2.05) is 38.1 Å². The molecular weight excluding hydrogens is 475 g/mol. The molecular formula is C25H28Cl2N4O3. The van der Waals surface area contributed by atoms with E-state index in [-0.39, 0.29) is 18.2 Å². The second-order valence-corrected chi connectivity index (χ2v) is 9.31. The first-order valence-electron chi connectivity index (χ1n) is 11.5. The number of nitrogens with zero attached hydrogens (tertiary/aromatic N) is 4. The summed E-state index contributed by atoms with van der Waals surface area (Å²) in [6, 6.07) is 9.09. The summed E-state index contributed by atoms with van der Waals surface area (Å²) in [5.74, 6) is -0.0391. The number of hydrogen-bond donors (Lipinski definition) is 1. The molecule has 1 aliphatic rings. The number of hydrogen-bond acceptors (Lipinski definition) is 5. The van der Waals surface area contributed by atoms with Crippen LogP contribution < -0.4 is 4.74 Å². The molecule has 9 heteroatoms. The number of carbonyl (C=O) groups excluding carboxylic acids is 1. The number of amides is 1. The van der Waals surface area contributed by atoms with Gasteiger partial charge in [0, 0.05) is 5.02 Å². The first-order valence-corrected chi connectivity index (χ1v) is 12.2. The molecule has 2 heterocycles. The molecule has 1 aliphatic heterocycles. The number of rotatable bonds is 7. The molecule has 0 unspecified atom stereocenters. The molecule has 2 aromatic carbocycles. The van der Waals surface area contributed by atoms with Crippen molar-refractivity contribution in [2.24, 2.45) is 10.2 Å². The van der Waals surface area contributed by atoms with Gasteiger partial charge in [-0.3, -0.25) is 14.3 Å². The monoisotopic (exact) mass is 502 g/mol. The van der Waals surface area contributed by atoms with Gasteiger partial charge in [-0.15, -0.1) is 10.2 Å². The number of piperidine rings is 1. The van der Waals surface area contributed by atoms with Crippen molar-refractivity contribution in [1.82, 2.24) is 9.47 Å².